The SMILES string of the molecule is CC(C)C[C@@H](NC(=O)O)C(=O)NC1(c2cccnc2)CC1. The predicted molar refractivity (Wildman–Crippen MR) is 77.7 cm³/mol. The van der Waals surface area contributed by atoms with Gasteiger partial charge in [-0.2, -0.15) is 0 Å². The third-order valence-electron chi connectivity index (χ3n) is 3.65. The summed E-state index contributed by atoms with van der Waals surface area (Å²) in [6, 6.07) is 3.04. The van der Waals surface area contributed by atoms with E-state index in [1.54, 1.807) is 12.4 Å². The second kappa shape index (κ2) is 6.11. The lowest BCUT2D eigenvalue weighted by Gasteiger charge is -2.23. The van der Waals surface area contributed by atoms with Crippen molar-refractivity contribution in [1.82, 2.24) is 15.6 Å². The summed E-state index contributed by atoms with van der Waals surface area (Å²) < 4.78 is 0. The van der Waals surface area contributed by atoms with Crippen molar-refractivity contribution in [1.29, 1.82) is 0 Å². The van der Waals surface area contributed by atoms with E-state index in [2.05, 4.69) is 15.6 Å². The monoisotopic (exact) mass is 291 g/mol. The molecule has 0 unspecified atom stereocenters. The Morgan fingerprint density at radius 2 is 2.14 bits per heavy atom. The summed E-state index contributed by atoms with van der Waals surface area (Å²) in [5, 5.41) is 14.2. The first-order valence-corrected chi connectivity index (χ1v) is 7.15. The summed E-state index contributed by atoms with van der Waals surface area (Å²) in [5.74, 6) is -0.0476. The van der Waals surface area contributed by atoms with Crippen LogP contribution in [-0.4, -0.2) is 28.1 Å². The van der Waals surface area contributed by atoms with Gasteiger partial charge >= 0.3 is 6.09 Å². The maximum Gasteiger partial charge on any atom is 0.405 e. The molecule has 1 saturated carbocycles. The number of nitrogens with zero attached hydrogens (tertiary/aromatic N) is 1. The lowest BCUT2D eigenvalue weighted by molar-refractivity contribution is -0.124. The maximum absolute atomic E-state index is 12.4. The first-order chi connectivity index (χ1) is 9.93. The summed E-state index contributed by atoms with van der Waals surface area (Å²) in [7, 11) is 0. The zero-order valence-electron chi connectivity index (χ0n) is 12.3. The second-order valence-corrected chi connectivity index (χ2v) is 5.94. The molecule has 0 aliphatic heterocycles. The molecular weight excluding hydrogens is 270 g/mol. The quantitative estimate of drug-likeness (QED) is 0.746. The van der Waals surface area contributed by atoms with E-state index in [0.717, 1.165) is 18.4 Å². The van der Waals surface area contributed by atoms with Gasteiger partial charge in [0.15, 0.2) is 0 Å². The molecule has 1 aliphatic rings. The molecule has 1 fully saturated rings. The molecule has 0 aromatic carbocycles. The fourth-order valence-electron chi connectivity index (χ4n) is 2.43. The van der Waals surface area contributed by atoms with Crippen molar-refractivity contribution in [3.8, 4) is 0 Å². The Bertz CT molecular complexity index is 512. The van der Waals surface area contributed by atoms with Crippen LogP contribution < -0.4 is 10.6 Å². The third-order valence-corrected chi connectivity index (χ3v) is 3.65. The Labute approximate surface area is 124 Å². The Balaban J connectivity index is 2.06. The van der Waals surface area contributed by atoms with Gasteiger partial charge in [-0.1, -0.05) is 19.9 Å². The van der Waals surface area contributed by atoms with Gasteiger partial charge in [-0.15, -0.1) is 0 Å². The number of amides is 2. The van der Waals surface area contributed by atoms with Crippen molar-refractivity contribution in [3.05, 3.63) is 30.1 Å². The first kappa shape index (κ1) is 15.3. The van der Waals surface area contributed by atoms with Gasteiger partial charge in [0.25, 0.3) is 0 Å². The number of carbonyl (C=O) groups excluding carboxylic acids is 1. The van der Waals surface area contributed by atoms with Crippen LogP contribution in [0.15, 0.2) is 24.5 Å². The van der Waals surface area contributed by atoms with E-state index >= 15 is 0 Å². The van der Waals surface area contributed by atoms with Gasteiger partial charge in [-0.05, 0) is 36.8 Å². The largest absolute Gasteiger partial charge is 0.465 e. The Morgan fingerprint density at radius 1 is 1.43 bits per heavy atom. The highest BCUT2D eigenvalue weighted by molar-refractivity contribution is 5.86. The molecule has 6 nitrogen and oxygen atoms in total. The zero-order chi connectivity index (χ0) is 15.5. The lowest BCUT2D eigenvalue weighted by Crippen LogP contribution is -2.50. The van der Waals surface area contributed by atoms with Gasteiger partial charge in [-0.3, -0.25) is 9.78 Å². The summed E-state index contributed by atoms with van der Waals surface area (Å²) >= 11 is 0. The van der Waals surface area contributed by atoms with Gasteiger partial charge in [0, 0.05) is 12.4 Å². The van der Waals surface area contributed by atoms with Crippen LogP contribution in [0.2, 0.25) is 0 Å². The molecule has 21 heavy (non-hydrogen) atoms. The minimum atomic E-state index is -1.18. The highest BCUT2D eigenvalue weighted by Gasteiger charge is 2.46. The molecule has 2 amide bonds. The molecular formula is C15H21N3O3. The number of hydrogen-bond acceptors (Lipinski definition) is 3. The number of nitrogens with one attached hydrogen (secondary N) is 2. The molecule has 1 heterocycles. The number of pyridine rings is 1. The first-order valence-electron chi connectivity index (χ1n) is 7.15. The summed E-state index contributed by atoms with van der Waals surface area (Å²) in [4.78, 5) is 27.3. The van der Waals surface area contributed by atoms with E-state index in [9.17, 15) is 9.59 Å². The van der Waals surface area contributed by atoms with Gasteiger partial charge in [-0.25, -0.2) is 4.79 Å². The Morgan fingerprint density at radius 3 is 2.62 bits per heavy atom. The van der Waals surface area contributed by atoms with Crippen molar-refractivity contribution in [2.45, 2.75) is 44.7 Å². The zero-order valence-corrected chi connectivity index (χ0v) is 12.3. The average molecular weight is 291 g/mol. The fraction of sp³-hybridized carbons (Fsp3) is 0.533. The Kier molecular flexibility index (Phi) is 4.45. The fourth-order valence-corrected chi connectivity index (χ4v) is 2.43. The molecule has 3 N–H and O–H groups in total. The Hall–Kier alpha value is -2.11. The molecule has 114 valence electrons. The molecule has 1 aliphatic carbocycles. The number of rotatable bonds is 6. The van der Waals surface area contributed by atoms with Crippen LogP contribution >= 0.6 is 0 Å². The number of carboxylic acid groups (broad SMARTS) is 1. The van der Waals surface area contributed by atoms with Crippen molar-refractivity contribution < 1.29 is 14.7 Å². The van der Waals surface area contributed by atoms with Crippen molar-refractivity contribution in [2.24, 2.45) is 5.92 Å². The standard InChI is InChI=1S/C15H21N3O3/c1-10(2)8-12(17-14(20)21)13(19)18-15(5-6-15)11-4-3-7-16-9-11/h3-4,7,9-10,12,17H,5-6,8H2,1-2H3,(H,18,19)(H,20,21)/t12-/m1/s1. The van der Waals surface area contributed by atoms with Gasteiger partial charge in [0.1, 0.15) is 6.04 Å². The van der Waals surface area contributed by atoms with Crippen LogP contribution in [0.3, 0.4) is 0 Å². The van der Waals surface area contributed by atoms with Gasteiger partial charge in [0.05, 0.1) is 5.54 Å². The van der Waals surface area contributed by atoms with E-state index in [-0.39, 0.29) is 17.4 Å². The van der Waals surface area contributed by atoms with Crippen molar-refractivity contribution in [2.75, 3.05) is 0 Å². The third kappa shape index (κ3) is 3.93. The molecule has 0 spiro atoms. The minimum absolute atomic E-state index is 0.223. The van der Waals surface area contributed by atoms with E-state index in [4.69, 9.17) is 5.11 Å². The molecule has 0 radical (unpaired) electrons. The van der Waals surface area contributed by atoms with Crippen LogP contribution in [0.1, 0.15) is 38.7 Å². The van der Waals surface area contributed by atoms with Crippen molar-refractivity contribution in [3.63, 3.8) is 0 Å². The van der Waals surface area contributed by atoms with E-state index < -0.39 is 12.1 Å². The molecule has 6 heteroatoms. The van der Waals surface area contributed by atoms with Crippen LogP contribution in [-0.2, 0) is 10.3 Å². The topological polar surface area (TPSA) is 91.3 Å². The summed E-state index contributed by atoms with van der Waals surface area (Å²) in [6.45, 7) is 3.91. The minimum Gasteiger partial charge on any atom is -0.465 e. The second-order valence-electron chi connectivity index (χ2n) is 5.94. The van der Waals surface area contributed by atoms with Crippen LogP contribution in [0, 0.1) is 5.92 Å². The van der Waals surface area contributed by atoms with Gasteiger partial charge in [0.2, 0.25) is 5.91 Å². The van der Waals surface area contributed by atoms with E-state index in [1.807, 2.05) is 26.0 Å². The van der Waals surface area contributed by atoms with E-state index in [0.29, 0.717) is 6.42 Å². The summed E-state index contributed by atoms with van der Waals surface area (Å²) in [5.41, 5.74) is 0.595. The number of carbonyl (C=O) groups is 2. The normalized spacial score (nSPS) is 17.1. The summed E-state index contributed by atoms with van der Waals surface area (Å²) in [6.07, 6.45) is 4.44. The molecule has 1 aromatic rings. The molecule has 1 atom stereocenters. The molecule has 0 bridgehead atoms. The van der Waals surface area contributed by atoms with Crippen LogP contribution in [0.25, 0.3) is 0 Å². The highest BCUT2D eigenvalue weighted by Crippen LogP contribution is 2.45. The smallest absolute Gasteiger partial charge is 0.405 e. The van der Waals surface area contributed by atoms with E-state index in [1.165, 1.54) is 0 Å². The number of hydrogen-bond donors (Lipinski definition) is 3. The lowest BCUT2D eigenvalue weighted by atomic mass is 10.0. The molecule has 2 rings (SSSR count). The molecule has 1 aromatic heterocycles. The van der Waals surface area contributed by atoms with Crippen LogP contribution in [0.4, 0.5) is 4.79 Å². The maximum atomic E-state index is 12.4. The van der Waals surface area contributed by atoms with Gasteiger partial charge < -0.3 is 15.7 Å². The number of aromatic nitrogens is 1. The average Bonchev–Trinajstić information content (AvgIpc) is 3.19. The van der Waals surface area contributed by atoms with Crippen molar-refractivity contribution >= 4 is 12.0 Å². The van der Waals surface area contributed by atoms with Crippen LogP contribution in [0.5, 0.6) is 0 Å². The highest BCUT2D eigenvalue weighted by atomic mass is 16.4. The molecule has 0 saturated heterocycles. The predicted octanol–water partition coefficient (Wildman–Crippen LogP) is 1.87.